The summed E-state index contributed by atoms with van der Waals surface area (Å²) in [5.74, 6) is 0. The summed E-state index contributed by atoms with van der Waals surface area (Å²) in [7, 11) is 0. The largest absolute Gasteiger partial charge is 0.143 e. The Kier molecular flexibility index (Phi) is 1.81. The minimum Gasteiger partial charge on any atom is -0.143 e. The van der Waals surface area contributed by atoms with Crippen molar-refractivity contribution in [3.8, 4) is 0 Å². The lowest BCUT2D eigenvalue weighted by Crippen LogP contribution is -1.77. The van der Waals surface area contributed by atoms with Gasteiger partial charge in [0.15, 0.2) is 0 Å². The third kappa shape index (κ3) is 1.49. The van der Waals surface area contributed by atoms with Gasteiger partial charge in [0, 0.05) is 4.90 Å². The first kappa shape index (κ1) is 6.69. The van der Waals surface area contributed by atoms with Gasteiger partial charge >= 0.3 is 0 Å². The fourth-order valence-electron chi connectivity index (χ4n) is 0.662. The molecule has 0 aromatic heterocycles. The average molecular weight is 137 g/mol. The predicted octanol–water partition coefficient (Wildman–Crippen LogP) is 2.39. The summed E-state index contributed by atoms with van der Waals surface area (Å²) < 4.78 is 0. The highest BCUT2D eigenvalue weighted by Crippen LogP contribution is 2.12. The summed E-state index contributed by atoms with van der Waals surface area (Å²) in [5, 5.41) is 0. The molecule has 1 aromatic carbocycles. The SMILES string of the molecule is Cc1c[c]c(C)c(S)c1. The Bertz CT molecular complexity index is 216. The number of thiol groups is 1. The van der Waals surface area contributed by atoms with Gasteiger partial charge in [0.2, 0.25) is 0 Å². The van der Waals surface area contributed by atoms with Crippen LogP contribution in [0.2, 0.25) is 0 Å². The van der Waals surface area contributed by atoms with E-state index in [1.165, 1.54) is 5.56 Å². The molecule has 0 spiro atoms. The van der Waals surface area contributed by atoms with Crippen LogP contribution in [-0.4, -0.2) is 0 Å². The van der Waals surface area contributed by atoms with Crippen molar-refractivity contribution in [3.05, 3.63) is 29.3 Å². The van der Waals surface area contributed by atoms with Crippen molar-refractivity contribution < 1.29 is 0 Å². The fraction of sp³-hybridized carbons (Fsp3) is 0.250. The van der Waals surface area contributed by atoms with Crippen molar-refractivity contribution in [1.82, 2.24) is 0 Å². The molecule has 0 fully saturated rings. The van der Waals surface area contributed by atoms with Crippen molar-refractivity contribution in [3.63, 3.8) is 0 Å². The Balaban J connectivity index is 3.17. The van der Waals surface area contributed by atoms with Crippen LogP contribution >= 0.6 is 12.6 Å². The van der Waals surface area contributed by atoms with E-state index in [1.54, 1.807) is 0 Å². The van der Waals surface area contributed by atoms with E-state index in [0.717, 1.165) is 10.5 Å². The van der Waals surface area contributed by atoms with Gasteiger partial charge in [-0.05, 0) is 37.1 Å². The number of benzene rings is 1. The Hall–Kier alpha value is -0.430. The standard InChI is InChI=1S/C8H9S/c1-6-3-4-7(2)8(9)5-6/h3,5,9H,1-2H3. The van der Waals surface area contributed by atoms with Crippen LogP contribution in [0.5, 0.6) is 0 Å². The fourth-order valence-corrected chi connectivity index (χ4v) is 0.930. The molecule has 9 heavy (non-hydrogen) atoms. The molecule has 1 radical (unpaired) electrons. The number of hydrogen-bond donors (Lipinski definition) is 1. The van der Waals surface area contributed by atoms with Gasteiger partial charge in [-0.15, -0.1) is 12.6 Å². The molecule has 0 heterocycles. The van der Waals surface area contributed by atoms with Gasteiger partial charge < -0.3 is 0 Å². The molecule has 0 aliphatic heterocycles. The van der Waals surface area contributed by atoms with Gasteiger partial charge in [0.1, 0.15) is 0 Å². The van der Waals surface area contributed by atoms with Gasteiger partial charge in [0.05, 0.1) is 0 Å². The third-order valence-corrected chi connectivity index (χ3v) is 1.73. The number of hydrogen-bond acceptors (Lipinski definition) is 1. The van der Waals surface area contributed by atoms with E-state index in [2.05, 4.69) is 18.7 Å². The Morgan fingerprint density at radius 1 is 1.44 bits per heavy atom. The molecule has 0 atom stereocenters. The molecule has 1 aromatic rings. The normalized spacial score (nSPS) is 9.67. The van der Waals surface area contributed by atoms with E-state index in [1.807, 2.05) is 26.0 Å². The number of rotatable bonds is 0. The maximum absolute atomic E-state index is 4.24. The molecule has 47 valence electrons. The van der Waals surface area contributed by atoms with Gasteiger partial charge in [-0.1, -0.05) is 6.07 Å². The van der Waals surface area contributed by atoms with Gasteiger partial charge in [-0.3, -0.25) is 0 Å². The second kappa shape index (κ2) is 2.44. The summed E-state index contributed by atoms with van der Waals surface area (Å²) in [6, 6.07) is 7.10. The zero-order valence-corrected chi connectivity index (χ0v) is 6.50. The van der Waals surface area contributed by atoms with Crippen LogP contribution in [0.4, 0.5) is 0 Å². The zero-order valence-electron chi connectivity index (χ0n) is 5.60. The number of aryl methyl sites for hydroxylation is 2. The molecule has 0 aliphatic carbocycles. The summed E-state index contributed by atoms with van der Waals surface area (Å²) in [6.45, 7) is 4.04. The lowest BCUT2D eigenvalue weighted by atomic mass is 10.2. The lowest BCUT2D eigenvalue weighted by Gasteiger charge is -1.96. The summed E-state index contributed by atoms with van der Waals surface area (Å²) in [4.78, 5) is 1.02. The maximum Gasteiger partial charge on any atom is 0.00780 e. The molecule has 0 saturated carbocycles. The van der Waals surface area contributed by atoms with Crippen molar-refractivity contribution in [1.29, 1.82) is 0 Å². The Morgan fingerprint density at radius 3 is 2.56 bits per heavy atom. The smallest absolute Gasteiger partial charge is 0.00780 e. The Labute approximate surface area is 61.3 Å². The van der Waals surface area contributed by atoms with Crippen LogP contribution in [-0.2, 0) is 0 Å². The maximum atomic E-state index is 4.24. The highest BCUT2D eigenvalue weighted by molar-refractivity contribution is 7.80. The van der Waals surface area contributed by atoms with E-state index in [-0.39, 0.29) is 0 Å². The van der Waals surface area contributed by atoms with Crippen LogP contribution in [0.15, 0.2) is 17.0 Å². The van der Waals surface area contributed by atoms with E-state index >= 15 is 0 Å². The van der Waals surface area contributed by atoms with Crippen molar-refractivity contribution in [2.75, 3.05) is 0 Å². The molecule has 0 N–H and O–H groups in total. The first-order valence-corrected chi connectivity index (χ1v) is 3.33. The Morgan fingerprint density at radius 2 is 2.11 bits per heavy atom. The third-order valence-electron chi connectivity index (χ3n) is 1.26. The highest BCUT2D eigenvalue weighted by Gasteiger charge is 1.90. The van der Waals surface area contributed by atoms with E-state index in [9.17, 15) is 0 Å². The molecule has 0 unspecified atom stereocenters. The van der Waals surface area contributed by atoms with Crippen LogP contribution in [0, 0.1) is 19.9 Å². The first-order chi connectivity index (χ1) is 4.20. The molecular weight excluding hydrogens is 128 g/mol. The van der Waals surface area contributed by atoms with Gasteiger partial charge in [-0.25, -0.2) is 0 Å². The molecule has 0 aliphatic rings. The summed E-state index contributed by atoms with van der Waals surface area (Å²) in [6.07, 6.45) is 0. The van der Waals surface area contributed by atoms with E-state index < -0.39 is 0 Å². The summed E-state index contributed by atoms with van der Waals surface area (Å²) in [5.41, 5.74) is 2.33. The molecule has 1 rings (SSSR count). The highest BCUT2D eigenvalue weighted by atomic mass is 32.1. The molecule has 0 bridgehead atoms. The van der Waals surface area contributed by atoms with Crippen molar-refractivity contribution >= 4 is 12.6 Å². The second-order valence-electron chi connectivity index (χ2n) is 2.19. The van der Waals surface area contributed by atoms with Crippen LogP contribution in [0.3, 0.4) is 0 Å². The molecular formula is C8H9S. The minimum atomic E-state index is 1.02. The monoisotopic (exact) mass is 137 g/mol. The molecule has 0 amide bonds. The quantitative estimate of drug-likeness (QED) is 0.521. The van der Waals surface area contributed by atoms with Crippen molar-refractivity contribution in [2.45, 2.75) is 18.7 Å². The molecule has 0 nitrogen and oxygen atoms in total. The average Bonchev–Trinajstić information content (AvgIpc) is 1.80. The van der Waals surface area contributed by atoms with E-state index in [0.29, 0.717) is 0 Å². The summed E-state index contributed by atoms with van der Waals surface area (Å²) >= 11 is 4.24. The minimum absolute atomic E-state index is 1.02. The van der Waals surface area contributed by atoms with Crippen LogP contribution in [0.25, 0.3) is 0 Å². The second-order valence-corrected chi connectivity index (χ2v) is 2.67. The van der Waals surface area contributed by atoms with Crippen molar-refractivity contribution in [2.24, 2.45) is 0 Å². The topological polar surface area (TPSA) is 0 Å². The van der Waals surface area contributed by atoms with Gasteiger partial charge in [0.25, 0.3) is 0 Å². The van der Waals surface area contributed by atoms with Gasteiger partial charge in [-0.2, -0.15) is 0 Å². The van der Waals surface area contributed by atoms with Crippen LogP contribution < -0.4 is 0 Å². The lowest BCUT2D eigenvalue weighted by molar-refractivity contribution is 1.26. The predicted molar refractivity (Wildman–Crippen MR) is 42.0 cm³/mol. The zero-order chi connectivity index (χ0) is 6.85. The van der Waals surface area contributed by atoms with Crippen LogP contribution in [0.1, 0.15) is 11.1 Å². The molecule has 1 heteroatoms. The first-order valence-electron chi connectivity index (χ1n) is 2.88. The molecule has 0 saturated heterocycles. The van der Waals surface area contributed by atoms with E-state index in [4.69, 9.17) is 0 Å².